The Morgan fingerprint density at radius 1 is 0.857 bits per heavy atom. The van der Waals surface area contributed by atoms with Crippen LogP contribution in [0.1, 0.15) is 63.8 Å². The van der Waals surface area contributed by atoms with Gasteiger partial charge < -0.3 is 20.8 Å². The monoisotopic (exact) mass is 295 g/mol. The van der Waals surface area contributed by atoms with Gasteiger partial charge in [-0.1, -0.05) is 41.5 Å². The third-order valence-corrected chi connectivity index (χ3v) is 3.50. The molecular weight excluding hydrogens is 265 g/mol. The van der Waals surface area contributed by atoms with Crippen molar-refractivity contribution in [1.82, 2.24) is 0 Å². The second kappa shape index (κ2) is 6.82. The van der Waals surface area contributed by atoms with Gasteiger partial charge in [-0.05, 0) is 53.0 Å². The molecule has 0 aliphatic heterocycles. The van der Waals surface area contributed by atoms with E-state index in [-0.39, 0.29) is 10.8 Å². The highest BCUT2D eigenvalue weighted by Crippen LogP contribution is 2.39. The number of rotatable bonds is 0. The lowest BCUT2D eigenvalue weighted by atomic mass is 9.72. The molecule has 0 spiro atoms. The van der Waals surface area contributed by atoms with Gasteiger partial charge in [-0.15, -0.1) is 0 Å². The molecule has 0 heterocycles. The van der Waals surface area contributed by atoms with Crippen LogP contribution >= 0.6 is 0 Å². The third kappa shape index (κ3) is 5.69. The molecule has 21 heavy (non-hydrogen) atoms. The molecule has 1 aromatic rings. The first-order valence-corrected chi connectivity index (χ1v) is 7.14. The summed E-state index contributed by atoms with van der Waals surface area (Å²) in [5, 5.41) is 21.5. The lowest BCUT2D eigenvalue weighted by molar-refractivity contribution is 0.278. The summed E-state index contributed by atoms with van der Waals surface area (Å²) >= 11 is 0. The molecule has 0 aliphatic carbocycles. The van der Waals surface area contributed by atoms with Crippen molar-refractivity contribution in [3.05, 3.63) is 28.3 Å². The van der Waals surface area contributed by atoms with Crippen molar-refractivity contribution < 1.29 is 15.1 Å². The second-order valence-electron chi connectivity index (χ2n) is 7.48. The van der Waals surface area contributed by atoms with Gasteiger partial charge >= 0.3 is 7.32 Å². The van der Waals surface area contributed by atoms with Crippen LogP contribution in [0.15, 0.2) is 6.07 Å². The predicted molar refractivity (Wildman–Crippen MR) is 90.1 cm³/mol. The van der Waals surface area contributed by atoms with E-state index in [2.05, 4.69) is 61.5 Å². The van der Waals surface area contributed by atoms with Gasteiger partial charge in [0.25, 0.3) is 0 Å². The fourth-order valence-corrected chi connectivity index (χ4v) is 2.50. The molecule has 1 aromatic carbocycles. The Kier molecular flexibility index (Phi) is 6.48. The van der Waals surface area contributed by atoms with Crippen molar-refractivity contribution in [3.8, 4) is 0 Å². The maximum Gasteiger partial charge on any atom is 0.631 e. The van der Waals surface area contributed by atoms with E-state index >= 15 is 0 Å². The number of hydrogen-bond acceptors (Lipinski definition) is 4. The maximum absolute atomic E-state index is 7.17. The molecule has 4 nitrogen and oxygen atoms in total. The van der Waals surface area contributed by atoms with E-state index in [1.165, 1.54) is 22.3 Å². The van der Waals surface area contributed by atoms with Crippen LogP contribution in [0.5, 0.6) is 0 Å². The Balaban J connectivity index is 0.000000885. The average Bonchev–Trinajstić information content (AvgIpc) is 2.21. The highest BCUT2D eigenvalue weighted by Gasteiger charge is 2.28. The molecule has 120 valence electrons. The summed E-state index contributed by atoms with van der Waals surface area (Å²) in [5.74, 6) is 0. The standard InChI is InChI=1S/C16H27N.BH3O3/c1-10-11(2)14(16(6,7)8)12(9-13(10)17)15(3,4)5;2-1(3)4/h9H,17H2,1-8H3;2-4H. The molecule has 0 unspecified atom stereocenters. The Morgan fingerprint density at radius 2 is 1.24 bits per heavy atom. The highest BCUT2D eigenvalue weighted by molar-refractivity contribution is 6.30. The van der Waals surface area contributed by atoms with Gasteiger partial charge in [0, 0.05) is 5.69 Å². The first kappa shape index (κ1) is 20.0. The minimum atomic E-state index is -2.17. The quantitative estimate of drug-likeness (QED) is 0.437. The van der Waals surface area contributed by atoms with Crippen molar-refractivity contribution in [2.24, 2.45) is 0 Å². The summed E-state index contributed by atoms with van der Waals surface area (Å²) in [6, 6.07) is 2.17. The smallest absolute Gasteiger partial charge is 0.402 e. The Morgan fingerprint density at radius 3 is 1.52 bits per heavy atom. The molecule has 0 saturated heterocycles. The van der Waals surface area contributed by atoms with E-state index in [1.807, 2.05) is 0 Å². The van der Waals surface area contributed by atoms with Gasteiger partial charge in [-0.25, -0.2) is 0 Å². The molecule has 1 rings (SSSR count). The van der Waals surface area contributed by atoms with E-state index in [4.69, 9.17) is 20.8 Å². The normalized spacial score (nSPS) is 11.8. The van der Waals surface area contributed by atoms with Crippen molar-refractivity contribution in [3.63, 3.8) is 0 Å². The van der Waals surface area contributed by atoms with E-state index < -0.39 is 7.32 Å². The summed E-state index contributed by atoms with van der Waals surface area (Å²) in [6.07, 6.45) is 0. The van der Waals surface area contributed by atoms with E-state index in [0.29, 0.717) is 0 Å². The van der Waals surface area contributed by atoms with Gasteiger partial charge in [0.15, 0.2) is 0 Å². The molecule has 5 N–H and O–H groups in total. The van der Waals surface area contributed by atoms with Crippen molar-refractivity contribution >= 4 is 13.0 Å². The van der Waals surface area contributed by atoms with E-state index in [9.17, 15) is 0 Å². The largest absolute Gasteiger partial charge is 0.631 e. The number of hydrogen-bond donors (Lipinski definition) is 4. The highest BCUT2D eigenvalue weighted by atomic mass is 16.5. The minimum absolute atomic E-state index is 0.134. The maximum atomic E-state index is 7.17. The van der Waals surface area contributed by atoms with Crippen LogP contribution in [0, 0.1) is 13.8 Å². The zero-order valence-electron chi connectivity index (χ0n) is 14.6. The predicted octanol–water partition coefficient (Wildman–Crippen LogP) is 2.43. The van der Waals surface area contributed by atoms with Crippen LogP contribution in [0.2, 0.25) is 0 Å². The zero-order chi connectivity index (χ0) is 17.2. The summed E-state index contributed by atoms with van der Waals surface area (Å²) < 4.78 is 0. The van der Waals surface area contributed by atoms with Crippen molar-refractivity contribution in [2.45, 2.75) is 66.2 Å². The summed E-state index contributed by atoms with van der Waals surface area (Å²) in [4.78, 5) is 0. The molecule has 0 atom stereocenters. The minimum Gasteiger partial charge on any atom is -0.402 e. The van der Waals surface area contributed by atoms with Crippen LogP contribution in [0.3, 0.4) is 0 Å². The average molecular weight is 295 g/mol. The summed E-state index contributed by atoms with van der Waals surface area (Å²) in [5.41, 5.74) is 12.7. The Hall–Kier alpha value is -1.04. The van der Waals surface area contributed by atoms with Gasteiger partial charge in [0.1, 0.15) is 0 Å². The van der Waals surface area contributed by atoms with Gasteiger partial charge in [-0.2, -0.15) is 0 Å². The Labute approximate surface area is 129 Å². The molecule has 0 fully saturated rings. The fourth-order valence-electron chi connectivity index (χ4n) is 2.50. The van der Waals surface area contributed by atoms with E-state index in [1.54, 1.807) is 0 Å². The number of anilines is 1. The second-order valence-corrected chi connectivity index (χ2v) is 7.48. The fraction of sp³-hybridized carbons (Fsp3) is 0.625. The number of nitrogen functional groups attached to an aromatic ring is 1. The zero-order valence-corrected chi connectivity index (χ0v) is 14.6. The lowest BCUT2D eigenvalue weighted by Crippen LogP contribution is -2.24. The van der Waals surface area contributed by atoms with Gasteiger partial charge in [0.2, 0.25) is 0 Å². The van der Waals surface area contributed by atoms with Gasteiger partial charge in [0.05, 0.1) is 0 Å². The molecule has 0 amide bonds. The molecular formula is C16H30BNO3. The number of benzene rings is 1. The topological polar surface area (TPSA) is 86.7 Å². The van der Waals surface area contributed by atoms with Crippen molar-refractivity contribution in [1.29, 1.82) is 0 Å². The first-order chi connectivity index (χ1) is 9.19. The molecule has 0 aliphatic rings. The van der Waals surface area contributed by atoms with Crippen LogP contribution < -0.4 is 5.73 Å². The molecule has 0 aromatic heterocycles. The molecule has 0 saturated carbocycles. The SMILES string of the molecule is Cc1c(N)cc(C(C)(C)C)c(C(C)(C)C)c1C.OB(O)O. The van der Waals surface area contributed by atoms with Crippen LogP contribution in [0.25, 0.3) is 0 Å². The van der Waals surface area contributed by atoms with Gasteiger partial charge in [-0.3, -0.25) is 0 Å². The van der Waals surface area contributed by atoms with Crippen LogP contribution in [-0.4, -0.2) is 22.4 Å². The molecule has 0 bridgehead atoms. The van der Waals surface area contributed by atoms with Crippen LogP contribution in [-0.2, 0) is 10.8 Å². The summed E-state index contributed by atoms with van der Waals surface area (Å²) in [6.45, 7) is 17.9. The Bertz CT molecular complexity index is 483. The van der Waals surface area contributed by atoms with Crippen molar-refractivity contribution in [2.75, 3.05) is 5.73 Å². The molecule has 0 radical (unpaired) electrons. The van der Waals surface area contributed by atoms with E-state index in [0.717, 1.165) is 5.69 Å². The third-order valence-electron chi connectivity index (χ3n) is 3.50. The molecule has 5 heteroatoms. The lowest BCUT2D eigenvalue weighted by Gasteiger charge is -2.33. The first-order valence-electron chi connectivity index (χ1n) is 7.14. The number of nitrogens with two attached hydrogens (primary N) is 1. The summed E-state index contributed by atoms with van der Waals surface area (Å²) in [7, 11) is -2.17. The van der Waals surface area contributed by atoms with Crippen LogP contribution in [0.4, 0.5) is 5.69 Å².